The Labute approximate surface area is 108 Å². The Kier molecular flexibility index (Phi) is 5.36. The molecule has 0 saturated carbocycles. The Balaban J connectivity index is 2.51. The van der Waals surface area contributed by atoms with E-state index < -0.39 is 0 Å². The minimum absolute atomic E-state index is 0.0762. The second-order valence-electron chi connectivity index (χ2n) is 3.00. The first kappa shape index (κ1) is 13.1. The first-order valence-electron chi connectivity index (χ1n) is 4.63. The summed E-state index contributed by atoms with van der Waals surface area (Å²) in [6, 6.07) is 3.75. The summed E-state index contributed by atoms with van der Waals surface area (Å²) >= 11 is 4.70. The molecular weight excluding hydrogens is 288 g/mol. The summed E-state index contributed by atoms with van der Waals surface area (Å²) in [6.45, 7) is 2.08. The Morgan fingerprint density at radius 3 is 3.06 bits per heavy atom. The molecule has 0 fully saturated rings. The van der Waals surface area contributed by atoms with Crippen molar-refractivity contribution in [2.45, 2.75) is 17.2 Å². The first-order chi connectivity index (χ1) is 7.63. The lowest BCUT2D eigenvalue weighted by Gasteiger charge is -2.09. The highest BCUT2D eigenvalue weighted by atomic mass is 79.9. The van der Waals surface area contributed by atoms with Crippen LogP contribution >= 0.6 is 27.7 Å². The third kappa shape index (κ3) is 4.25. The molecule has 1 rings (SSSR count). The molecule has 0 radical (unpaired) electrons. The van der Waals surface area contributed by atoms with Crippen molar-refractivity contribution >= 4 is 33.6 Å². The Morgan fingerprint density at radius 1 is 1.75 bits per heavy atom. The maximum atomic E-state index is 11.5. The van der Waals surface area contributed by atoms with Gasteiger partial charge in [-0.2, -0.15) is 0 Å². The summed E-state index contributed by atoms with van der Waals surface area (Å²) in [5.41, 5.74) is 0. The van der Waals surface area contributed by atoms with Gasteiger partial charge in [-0.15, -0.1) is 6.42 Å². The molecule has 84 valence electrons. The largest absolute Gasteiger partial charge is 0.344 e. The highest BCUT2D eigenvalue weighted by Gasteiger charge is 2.13. The quantitative estimate of drug-likeness (QED) is 0.683. The lowest BCUT2D eigenvalue weighted by molar-refractivity contribution is -0.120. The molecule has 0 aliphatic rings. The minimum Gasteiger partial charge on any atom is -0.344 e. The number of pyridine rings is 1. The van der Waals surface area contributed by atoms with E-state index in [1.165, 1.54) is 11.8 Å². The molecule has 1 unspecified atom stereocenters. The molecule has 0 aliphatic carbocycles. The Morgan fingerprint density at radius 2 is 2.50 bits per heavy atom. The highest BCUT2D eigenvalue weighted by Crippen LogP contribution is 2.22. The number of nitrogens with one attached hydrogen (secondary N) is 1. The van der Waals surface area contributed by atoms with Gasteiger partial charge in [0.05, 0.1) is 16.8 Å². The molecule has 3 nitrogen and oxygen atoms in total. The van der Waals surface area contributed by atoms with Gasteiger partial charge in [0.1, 0.15) is 0 Å². The molecule has 0 aromatic carbocycles. The molecule has 1 aromatic heterocycles. The highest BCUT2D eigenvalue weighted by molar-refractivity contribution is 9.10. The van der Waals surface area contributed by atoms with Gasteiger partial charge in [0, 0.05) is 10.7 Å². The van der Waals surface area contributed by atoms with Crippen LogP contribution in [0.4, 0.5) is 0 Å². The van der Waals surface area contributed by atoms with Crippen LogP contribution in [0.3, 0.4) is 0 Å². The fourth-order valence-electron chi connectivity index (χ4n) is 0.948. The maximum absolute atomic E-state index is 11.5. The van der Waals surface area contributed by atoms with E-state index in [1.54, 1.807) is 6.20 Å². The number of halogens is 1. The number of hydrogen-bond donors (Lipinski definition) is 1. The summed E-state index contributed by atoms with van der Waals surface area (Å²) in [7, 11) is 0. The average Bonchev–Trinajstić information content (AvgIpc) is 2.29. The number of amides is 1. The van der Waals surface area contributed by atoms with E-state index in [4.69, 9.17) is 6.42 Å². The van der Waals surface area contributed by atoms with Gasteiger partial charge in [-0.05, 0) is 35.0 Å². The number of hydrogen-bond acceptors (Lipinski definition) is 3. The zero-order valence-electron chi connectivity index (χ0n) is 8.74. The van der Waals surface area contributed by atoms with Crippen LogP contribution in [-0.4, -0.2) is 22.7 Å². The van der Waals surface area contributed by atoms with Crippen molar-refractivity contribution in [3.63, 3.8) is 0 Å². The lowest BCUT2D eigenvalue weighted by atomic mass is 10.4. The first-order valence-corrected chi connectivity index (χ1v) is 6.30. The number of aromatic nitrogens is 1. The molecule has 16 heavy (non-hydrogen) atoms. The van der Waals surface area contributed by atoms with Gasteiger partial charge in [-0.25, -0.2) is 4.98 Å². The van der Waals surface area contributed by atoms with E-state index in [0.717, 1.165) is 9.50 Å². The third-order valence-electron chi connectivity index (χ3n) is 1.73. The molecule has 1 amide bonds. The Bertz CT molecular complexity index is 399. The van der Waals surface area contributed by atoms with E-state index in [9.17, 15) is 4.79 Å². The second kappa shape index (κ2) is 6.56. The van der Waals surface area contributed by atoms with E-state index in [0.29, 0.717) is 0 Å². The van der Waals surface area contributed by atoms with Gasteiger partial charge in [0.2, 0.25) is 5.91 Å². The predicted molar refractivity (Wildman–Crippen MR) is 69.1 cm³/mol. The normalized spacial score (nSPS) is 11.6. The topological polar surface area (TPSA) is 42.0 Å². The molecule has 0 spiro atoms. The number of carbonyl (C=O) groups excluding carboxylic acids is 1. The van der Waals surface area contributed by atoms with Crippen molar-refractivity contribution in [1.82, 2.24) is 10.3 Å². The van der Waals surface area contributed by atoms with Gasteiger partial charge in [0.25, 0.3) is 0 Å². The van der Waals surface area contributed by atoms with Crippen molar-refractivity contribution in [2.24, 2.45) is 0 Å². The molecule has 5 heteroatoms. The van der Waals surface area contributed by atoms with Crippen LogP contribution < -0.4 is 5.32 Å². The van der Waals surface area contributed by atoms with Crippen LogP contribution in [0.1, 0.15) is 6.92 Å². The molecule has 1 N–H and O–H groups in total. The van der Waals surface area contributed by atoms with Crippen molar-refractivity contribution in [3.05, 3.63) is 22.8 Å². The molecule has 0 aliphatic heterocycles. The number of rotatable bonds is 4. The van der Waals surface area contributed by atoms with Crippen molar-refractivity contribution in [1.29, 1.82) is 0 Å². The Hall–Kier alpha value is -0.990. The van der Waals surface area contributed by atoms with Crippen molar-refractivity contribution < 1.29 is 4.79 Å². The third-order valence-corrected chi connectivity index (χ3v) is 3.25. The SMILES string of the molecule is C#CCNC(=O)C(C)Sc1ccc(Br)cn1. The minimum atomic E-state index is -0.206. The van der Waals surface area contributed by atoms with E-state index in [1.807, 2.05) is 19.1 Å². The summed E-state index contributed by atoms with van der Waals surface area (Å²) in [6.07, 6.45) is 6.76. The standard InChI is InChI=1S/C11H11BrN2OS/c1-3-6-13-11(15)8(2)16-10-5-4-9(12)7-14-10/h1,4-5,7-8H,6H2,2H3,(H,13,15). The van der Waals surface area contributed by atoms with Gasteiger partial charge in [-0.3, -0.25) is 4.79 Å². The monoisotopic (exact) mass is 298 g/mol. The van der Waals surface area contributed by atoms with Crippen molar-refractivity contribution in [3.8, 4) is 12.3 Å². The molecule has 1 aromatic rings. The lowest BCUT2D eigenvalue weighted by Crippen LogP contribution is -2.31. The molecule has 1 heterocycles. The number of terminal acetylenes is 1. The van der Waals surface area contributed by atoms with Crippen LogP contribution in [0.25, 0.3) is 0 Å². The van der Waals surface area contributed by atoms with Gasteiger partial charge >= 0.3 is 0 Å². The van der Waals surface area contributed by atoms with E-state index >= 15 is 0 Å². The van der Waals surface area contributed by atoms with Crippen LogP contribution in [0.15, 0.2) is 27.8 Å². The fourth-order valence-corrected chi connectivity index (χ4v) is 2.00. The maximum Gasteiger partial charge on any atom is 0.234 e. The molecule has 0 bridgehead atoms. The molecule has 1 atom stereocenters. The summed E-state index contributed by atoms with van der Waals surface area (Å²) in [5, 5.41) is 3.24. The second-order valence-corrected chi connectivity index (χ2v) is 5.27. The van der Waals surface area contributed by atoms with Crippen LogP contribution in [-0.2, 0) is 4.79 Å². The molecular formula is C11H11BrN2OS. The smallest absolute Gasteiger partial charge is 0.234 e. The van der Waals surface area contributed by atoms with E-state index in [-0.39, 0.29) is 17.7 Å². The van der Waals surface area contributed by atoms with Crippen LogP contribution in [0.5, 0.6) is 0 Å². The number of nitrogens with zero attached hydrogens (tertiary/aromatic N) is 1. The number of carbonyl (C=O) groups is 1. The van der Waals surface area contributed by atoms with Gasteiger partial charge < -0.3 is 5.32 Å². The number of thioether (sulfide) groups is 1. The van der Waals surface area contributed by atoms with Crippen LogP contribution in [0.2, 0.25) is 0 Å². The van der Waals surface area contributed by atoms with Gasteiger partial charge in [0.15, 0.2) is 0 Å². The van der Waals surface area contributed by atoms with E-state index in [2.05, 4.69) is 32.2 Å². The zero-order valence-corrected chi connectivity index (χ0v) is 11.1. The summed E-state index contributed by atoms with van der Waals surface area (Å²) in [4.78, 5) is 15.7. The average molecular weight is 299 g/mol. The molecule has 0 saturated heterocycles. The van der Waals surface area contributed by atoms with Crippen LogP contribution in [0, 0.1) is 12.3 Å². The van der Waals surface area contributed by atoms with Crippen molar-refractivity contribution in [2.75, 3.05) is 6.54 Å². The van der Waals surface area contributed by atoms with Gasteiger partial charge in [-0.1, -0.05) is 17.7 Å². The summed E-state index contributed by atoms with van der Waals surface area (Å²) < 4.78 is 0.918. The fraction of sp³-hybridized carbons (Fsp3) is 0.273. The predicted octanol–water partition coefficient (Wildman–Crippen LogP) is 2.07. The zero-order chi connectivity index (χ0) is 12.0. The summed E-state index contributed by atoms with van der Waals surface area (Å²) in [5.74, 6) is 2.29.